The summed E-state index contributed by atoms with van der Waals surface area (Å²) < 4.78 is 22.4. The summed E-state index contributed by atoms with van der Waals surface area (Å²) in [6.45, 7) is 3.43. The van der Waals surface area contributed by atoms with Crippen LogP contribution in [0.3, 0.4) is 0 Å². The summed E-state index contributed by atoms with van der Waals surface area (Å²) in [4.78, 5) is 25.0. The van der Waals surface area contributed by atoms with Crippen molar-refractivity contribution in [1.29, 1.82) is 0 Å². The summed E-state index contributed by atoms with van der Waals surface area (Å²) in [6, 6.07) is 19.0. The van der Waals surface area contributed by atoms with Gasteiger partial charge in [-0.05, 0) is 117 Å². The number of benzene rings is 3. The predicted molar refractivity (Wildman–Crippen MR) is 166 cm³/mol. The van der Waals surface area contributed by atoms with Gasteiger partial charge in [-0.15, -0.1) is 0 Å². The lowest BCUT2D eigenvalue weighted by Gasteiger charge is -2.10. The average Bonchev–Trinajstić information content (AvgIpc) is 3.02. The standard InChI is InChI=1S/C35H42O8/c1-27-26-32(42-35(39)29-13-17-31(18-14-29)41-25-9-5-3-7-23-37)19-20-33(27)43-34(38)21-12-28-10-15-30(16-11-28)40-24-8-4-2-6-22-36/h10-21,26,36-37H,2-9,22-25H2,1H3/b21-12+. The molecule has 0 saturated carbocycles. The molecule has 0 bridgehead atoms. The Morgan fingerprint density at radius 1 is 0.651 bits per heavy atom. The summed E-state index contributed by atoms with van der Waals surface area (Å²) in [7, 11) is 0. The van der Waals surface area contributed by atoms with E-state index in [2.05, 4.69) is 0 Å². The highest BCUT2D eigenvalue weighted by molar-refractivity contribution is 5.91. The van der Waals surface area contributed by atoms with E-state index in [9.17, 15) is 9.59 Å². The summed E-state index contributed by atoms with van der Waals surface area (Å²) in [5.41, 5.74) is 1.87. The van der Waals surface area contributed by atoms with Gasteiger partial charge in [0.25, 0.3) is 0 Å². The second-order valence-electron chi connectivity index (χ2n) is 10.1. The maximum atomic E-state index is 12.6. The highest BCUT2D eigenvalue weighted by atomic mass is 16.5. The second kappa shape index (κ2) is 19.1. The number of ether oxygens (including phenoxy) is 4. The van der Waals surface area contributed by atoms with Gasteiger partial charge in [0, 0.05) is 19.3 Å². The van der Waals surface area contributed by atoms with Crippen LogP contribution in [0.4, 0.5) is 0 Å². The Kier molecular flexibility index (Phi) is 14.8. The molecule has 0 spiro atoms. The maximum Gasteiger partial charge on any atom is 0.343 e. The molecule has 0 aliphatic carbocycles. The van der Waals surface area contributed by atoms with Crippen LogP contribution in [-0.4, -0.2) is 48.6 Å². The fourth-order valence-corrected chi connectivity index (χ4v) is 4.15. The lowest BCUT2D eigenvalue weighted by molar-refractivity contribution is -0.128. The highest BCUT2D eigenvalue weighted by Crippen LogP contribution is 2.25. The smallest absolute Gasteiger partial charge is 0.343 e. The molecule has 3 aromatic rings. The normalized spacial score (nSPS) is 11.0. The Labute approximate surface area is 253 Å². The van der Waals surface area contributed by atoms with E-state index in [0.29, 0.717) is 41.6 Å². The van der Waals surface area contributed by atoms with Crippen LogP contribution < -0.4 is 18.9 Å². The topological polar surface area (TPSA) is 112 Å². The Bertz CT molecular complexity index is 1280. The maximum absolute atomic E-state index is 12.6. The van der Waals surface area contributed by atoms with Crippen molar-refractivity contribution < 1.29 is 38.7 Å². The van der Waals surface area contributed by atoms with Crippen LogP contribution >= 0.6 is 0 Å². The van der Waals surface area contributed by atoms with Gasteiger partial charge < -0.3 is 29.2 Å². The first-order valence-electron chi connectivity index (χ1n) is 14.9. The minimum Gasteiger partial charge on any atom is -0.494 e. The second-order valence-corrected chi connectivity index (χ2v) is 10.1. The predicted octanol–water partition coefficient (Wildman–Crippen LogP) is 6.70. The number of hydrogen-bond acceptors (Lipinski definition) is 8. The van der Waals surface area contributed by atoms with Gasteiger partial charge >= 0.3 is 11.9 Å². The SMILES string of the molecule is Cc1cc(OC(=O)c2ccc(OCCCCCCO)cc2)ccc1OC(=O)/C=C/c1ccc(OCCCCCCO)cc1. The number of hydrogen-bond donors (Lipinski definition) is 2. The van der Waals surface area contributed by atoms with Crippen molar-refractivity contribution in [3.63, 3.8) is 0 Å². The molecule has 0 aliphatic rings. The zero-order valence-electron chi connectivity index (χ0n) is 24.8. The van der Waals surface area contributed by atoms with Crippen LogP contribution in [0.15, 0.2) is 72.8 Å². The van der Waals surface area contributed by atoms with Crippen molar-refractivity contribution >= 4 is 18.0 Å². The molecule has 8 heteroatoms. The lowest BCUT2D eigenvalue weighted by atomic mass is 10.2. The molecule has 0 radical (unpaired) electrons. The first kappa shape index (κ1) is 33.4. The number of aryl methyl sites for hydroxylation is 1. The first-order chi connectivity index (χ1) is 21.0. The quantitative estimate of drug-likeness (QED) is 0.0687. The van der Waals surface area contributed by atoms with E-state index < -0.39 is 11.9 Å². The van der Waals surface area contributed by atoms with E-state index in [1.165, 1.54) is 6.08 Å². The molecule has 0 saturated heterocycles. The average molecular weight is 591 g/mol. The minimum atomic E-state index is -0.525. The minimum absolute atomic E-state index is 0.218. The van der Waals surface area contributed by atoms with E-state index in [1.807, 2.05) is 24.3 Å². The molecule has 0 amide bonds. The van der Waals surface area contributed by atoms with E-state index in [0.717, 1.165) is 62.7 Å². The van der Waals surface area contributed by atoms with Gasteiger partial charge in [-0.3, -0.25) is 0 Å². The summed E-state index contributed by atoms with van der Waals surface area (Å²) >= 11 is 0. The Morgan fingerprint density at radius 3 is 1.74 bits per heavy atom. The van der Waals surface area contributed by atoms with Crippen molar-refractivity contribution in [3.8, 4) is 23.0 Å². The molecule has 8 nitrogen and oxygen atoms in total. The van der Waals surface area contributed by atoms with Crippen LogP contribution in [0.2, 0.25) is 0 Å². The summed E-state index contributed by atoms with van der Waals surface area (Å²) in [5.74, 6) is 1.13. The third kappa shape index (κ3) is 12.7. The summed E-state index contributed by atoms with van der Waals surface area (Å²) in [6.07, 6.45) is 10.5. The highest BCUT2D eigenvalue weighted by Gasteiger charge is 2.12. The zero-order valence-corrected chi connectivity index (χ0v) is 24.8. The molecule has 0 fully saturated rings. The number of carbonyl (C=O) groups excluding carboxylic acids is 2. The van der Waals surface area contributed by atoms with Crippen LogP contribution in [0, 0.1) is 6.92 Å². The van der Waals surface area contributed by atoms with Gasteiger partial charge in [0.05, 0.1) is 18.8 Å². The molecule has 0 heterocycles. The molecule has 3 aromatic carbocycles. The van der Waals surface area contributed by atoms with E-state index in [4.69, 9.17) is 29.2 Å². The van der Waals surface area contributed by atoms with Gasteiger partial charge in [-0.1, -0.05) is 25.0 Å². The molecule has 0 unspecified atom stereocenters. The van der Waals surface area contributed by atoms with E-state index in [1.54, 1.807) is 55.5 Å². The molecule has 0 aliphatic heterocycles. The first-order valence-corrected chi connectivity index (χ1v) is 14.9. The van der Waals surface area contributed by atoms with Crippen LogP contribution in [-0.2, 0) is 4.79 Å². The number of rotatable bonds is 19. The third-order valence-electron chi connectivity index (χ3n) is 6.59. The largest absolute Gasteiger partial charge is 0.494 e. The van der Waals surface area contributed by atoms with Crippen LogP contribution in [0.1, 0.15) is 72.9 Å². The van der Waals surface area contributed by atoms with Gasteiger partial charge in [-0.25, -0.2) is 9.59 Å². The van der Waals surface area contributed by atoms with Crippen molar-refractivity contribution in [1.82, 2.24) is 0 Å². The van der Waals surface area contributed by atoms with Gasteiger partial charge in [0.2, 0.25) is 0 Å². The number of carbonyl (C=O) groups is 2. The number of esters is 2. The molecular formula is C35H42O8. The number of aliphatic hydroxyl groups excluding tert-OH is 2. The van der Waals surface area contributed by atoms with E-state index in [-0.39, 0.29) is 13.2 Å². The summed E-state index contributed by atoms with van der Waals surface area (Å²) in [5, 5.41) is 17.6. The molecule has 43 heavy (non-hydrogen) atoms. The monoisotopic (exact) mass is 590 g/mol. The number of unbranched alkanes of at least 4 members (excludes halogenated alkanes) is 6. The fraction of sp³-hybridized carbons (Fsp3) is 0.371. The van der Waals surface area contributed by atoms with Crippen LogP contribution in [0.25, 0.3) is 6.08 Å². The van der Waals surface area contributed by atoms with Crippen molar-refractivity contribution in [2.45, 2.75) is 58.3 Å². The fourth-order valence-electron chi connectivity index (χ4n) is 4.15. The van der Waals surface area contributed by atoms with Crippen molar-refractivity contribution in [3.05, 3.63) is 89.5 Å². The molecule has 0 atom stereocenters. The zero-order chi connectivity index (χ0) is 30.7. The van der Waals surface area contributed by atoms with Crippen molar-refractivity contribution in [2.24, 2.45) is 0 Å². The molecule has 230 valence electrons. The van der Waals surface area contributed by atoms with Gasteiger partial charge in [0.15, 0.2) is 0 Å². The van der Waals surface area contributed by atoms with Gasteiger partial charge in [-0.2, -0.15) is 0 Å². The molecule has 2 N–H and O–H groups in total. The number of aliphatic hydroxyl groups is 2. The lowest BCUT2D eigenvalue weighted by Crippen LogP contribution is -2.09. The Hall–Kier alpha value is -4.14. The molecule has 0 aromatic heterocycles. The molecular weight excluding hydrogens is 548 g/mol. The van der Waals surface area contributed by atoms with Crippen LogP contribution in [0.5, 0.6) is 23.0 Å². The van der Waals surface area contributed by atoms with Gasteiger partial charge in [0.1, 0.15) is 23.0 Å². The Morgan fingerprint density at radius 2 is 1.19 bits per heavy atom. The third-order valence-corrected chi connectivity index (χ3v) is 6.59. The Balaban J connectivity index is 1.42. The van der Waals surface area contributed by atoms with E-state index >= 15 is 0 Å². The molecule has 3 rings (SSSR count). The van der Waals surface area contributed by atoms with Crippen molar-refractivity contribution in [2.75, 3.05) is 26.4 Å².